The summed E-state index contributed by atoms with van der Waals surface area (Å²) in [5, 5.41) is 6.50. The lowest BCUT2D eigenvalue weighted by molar-refractivity contribution is -0.153. The van der Waals surface area contributed by atoms with Gasteiger partial charge in [0, 0.05) is 31.6 Å². The molecule has 1 aliphatic heterocycles. The van der Waals surface area contributed by atoms with Gasteiger partial charge in [-0.25, -0.2) is 4.99 Å². The first-order valence-electron chi connectivity index (χ1n) is 9.80. The molecule has 6 nitrogen and oxygen atoms in total. The third kappa shape index (κ3) is 8.97. The molecule has 1 saturated heterocycles. The van der Waals surface area contributed by atoms with Gasteiger partial charge in [-0.3, -0.25) is 4.79 Å². The molecule has 1 heterocycles. The molecule has 1 unspecified atom stereocenters. The molecule has 0 spiro atoms. The van der Waals surface area contributed by atoms with Crippen molar-refractivity contribution < 1.29 is 22.7 Å². The molecule has 0 aromatic heterocycles. The number of aliphatic imine (C=N–C) groups is 1. The lowest BCUT2D eigenvalue weighted by Crippen LogP contribution is -2.45. The van der Waals surface area contributed by atoms with E-state index in [1.54, 1.807) is 18.2 Å². The summed E-state index contributed by atoms with van der Waals surface area (Å²) in [7, 11) is 0. The number of ether oxygens (including phenoxy) is 1. The highest BCUT2D eigenvalue weighted by molar-refractivity contribution is 14.0. The van der Waals surface area contributed by atoms with Crippen LogP contribution < -0.4 is 15.4 Å². The maximum atomic E-state index is 12.3. The van der Waals surface area contributed by atoms with Crippen LogP contribution in [0, 0.1) is 5.92 Å². The largest absolute Gasteiger partial charge is 0.484 e. The molecule has 1 atom stereocenters. The van der Waals surface area contributed by atoms with E-state index in [-0.39, 0.29) is 47.6 Å². The topological polar surface area (TPSA) is 66.0 Å². The number of nitrogens with one attached hydrogen (secondary N) is 2. The molecule has 2 N–H and O–H groups in total. The zero-order valence-corrected chi connectivity index (χ0v) is 19.8. The fourth-order valence-corrected chi connectivity index (χ4v) is 3.03. The van der Waals surface area contributed by atoms with Gasteiger partial charge in [0.15, 0.2) is 12.6 Å². The first kappa shape index (κ1) is 26.3. The first-order valence-corrected chi connectivity index (χ1v) is 9.80. The summed E-state index contributed by atoms with van der Waals surface area (Å²) in [5.41, 5.74) is 0.741. The van der Waals surface area contributed by atoms with Crippen LogP contribution in [0.25, 0.3) is 0 Å². The van der Waals surface area contributed by atoms with Crippen LogP contribution in [0.3, 0.4) is 0 Å². The Hall–Kier alpha value is -1.72. The molecule has 0 bridgehead atoms. The Kier molecular flexibility index (Phi) is 10.7. The van der Waals surface area contributed by atoms with Gasteiger partial charge in [-0.1, -0.05) is 26.0 Å². The van der Waals surface area contributed by atoms with Gasteiger partial charge >= 0.3 is 6.18 Å². The summed E-state index contributed by atoms with van der Waals surface area (Å²) in [6.07, 6.45) is -3.54. The Morgan fingerprint density at radius 1 is 1.37 bits per heavy atom. The van der Waals surface area contributed by atoms with Crippen molar-refractivity contribution in [3.8, 4) is 5.75 Å². The van der Waals surface area contributed by atoms with Crippen LogP contribution in [0.1, 0.15) is 32.8 Å². The summed E-state index contributed by atoms with van der Waals surface area (Å²) < 4.78 is 41.7. The minimum atomic E-state index is -4.37. The van der Waals surface area contributed by atoms with E-state index in [2.05, 4.69) is 15.6 Å². The highest BCUT2D eigenvalue weighted by Gasteiger charge is 2.29. The summed E-state index contributed by atoms with van der Waals surface area (Å²) in [6.45, 7) is 6.71. The normalized spacial score (nSPS) is 17.0. The molecule has 1 aliphatic rings. The van der Waals surface area contributed by atoms with Gasteiger partial charge in [0.05, 0.1) is 6.54 Å². The van der Waals surface area contributed by atoms with Crippen molar-refractivity contribution >= 4 is 35.8 Å². The third-order valence-electron chi connectivity index (χ3n) is 4.40. The fourth-order valence-electron chi connectivity index (χ4n) is 3.03. The van der Waals surface area contributed by atoms with Crippen molar-refractivity contribution in [3.05, 3.63) is 29.8 Å². The van der Waals surface area contributed by atoms with Crippen LogP contribution in [0.2, 0.25) is 0 Å². The molecule has 1 aromatic rings. The predicted octanol–water partition coefficient (Wildman–Crippen LogP) is 3.56. The number of amides is 1. The van der Waals surface area contributed by atoms with E-state index in [0.29, 0.717) is 32.1 Å². The van der Waals surface area contributed by atoms with Crippen molar-refractivity contribution in [1.29, 1.82) is 0 Å². The second-order valence-electron chi connectivity index (χ2n) is 7.32. The van der Waals surface area contributed by atoms with Crippen LogP contribution in [-0.2, 0) is 11.3 Å². The van der Waals surface area contributed by atoms with Crippen molar-refractivity contribution in [1.82, 2.24) is 15.5 Å². The van der Waals surface area contributed by atoms with Gasteiger partial charge in [-0.2, -0.15) is 13.2 Å². The number of carbonyl (C=O) groups excluding carboxylic acids is 1. The monoisotopic (exact) mass is 542 g/mol. The van der Waals surface area contributed by atoms with Crippen LogP contribution in [0.4, 0.5) is 13.2 Å². The molecule has 1 aromatic carbocycles. The average Bonchev–Trinajstić information content (AvgIpc) is 3.12. The second kappa shape index (κ2) is 12.2. The van der Waals surface area contributed by atoms with E-state index < -0.39 is 12.8 Å². The summed E-state index contributed by atoms with van der Waals surface area (Å²) >= 11 is 0. The zero-order valence-electron chi connectivity index (χ0n) is 17.5. The molecule has 30 heavy (non-hydrogen) atoms. The summed E-state index contributed by atoms with van der Waals surface area (Å²) in [4.78, 5) is 18.5. The van der Waals surface area contributed by atoms with Gasteiger partial charge in [-0.15, -0.1) is 24.0 Å². The first-order chi connectivity index (χ1) is 13.7. The third-order valence-corrected chi connectivity index (χ3v) is 4.40. The van der Waals surface area contributed by atoms with Crippen LogP contribution in [0.5, 0.6) is 5.75 Å². The number of hydrogen-bond donors (Lipinski definition) is 2. The number of guanidine groups is 1. The van der Waals surface area contributed by atoms with Gasteiger partial charge in [0.25, 0.3) is 0 Å². The second-order valence-corrected chi connectivity index (χ2v) is 7.32. The maximum Gasteiger partial charge on any atom is 0.422 e. The summed E-state index contributed by atoms with van der Waals surface area (Å²) in [6, 6.07) is 6.57. The van der Waals surface area contributed by atoms with E-state index in [9.17, 15) is 18.0 Å². The van der Waals surface area contributed by atoms with Gasteiger partial charge < -0.3 is 20.3 Å². The van der Waals surface area contributed by atoms with Crippen LogP contribution in [-0.4, -0.2) is 55.2 Å². The van der Waals surface area contributed by atoms with Crippen molar-refractivity contribution in [2.24, 2.45) is 10.9 Å². The molecule has 1 amide bonds. The van der Waals surface area contributed by atoms with Crippen molar-refractivity contribution in [2.75, 3.05) is 26.2 Å². The number of rotatable bonds is 7. The van der Waals surface area contributed by atoms with Gasteiger partial charge in [0.2, 0.25) is 5.91 Å². The standard InChI is InChI=1S/C20H29F3N4O2.HI/c1-4-24-19(26-16-8-9-27(12-16)18(28)14(2)3)25-11-15-6-5-7-17(10-15)29-13-20(21,22)23;/h5-7,10,14,16H,4,8-9,11-13H2,1-3H3,(H2,24,25,26);1H. The number of hydrogen-bond acceptors (Lipinski definition) is 3. The fraction of sp³-hybridized carbons (Fsp3) is 0.600. The lowest BCUT2D eigenvalue weighted by atomic mass is 10.2. The Bertz CT molecular complexity index is 714. The Balaban J connectivity index is 0.00000450. The molecule has 10 heteroatoms. The van der Waals surface area contributed by atoms with E-state index >= 15 is 0 Å². The van der Waals surface area contributed by atoms with Crippen molar-refractivity contribution in [3.63, 3.8) is 0 Å². The summed E-state index contributed by atoms with van der Waals surface area (Å²) in [5.74, 6) is 0.888. The SMILES string of the molecule is CCNC(=NCc1cccc(OCC(F)(F)F)c1)NC1CCN(C(=O)C(C)C)C1.I. The Morgan fingerprint density at radius 2 is 2.10 bits per heavy atom. The van der Waals surface area contributed by atoms with E-state index in [1.165, 1.54) is 6.07 Å². The average molecular weight is 542 g/mol. The molecular weight excluding hydrogens is 512 g/mol. The molecule has 170 valence electrons. The quantitative estimate of drug-likeness (QED) is 0.315. The van der Waals surface area contributed by atoms with E-state index in [0.717, 1.165) is 12.0 Å². The zero-order chi connectivity index (χ0) is 21.4. The minimum Gasteiger partial charge on any atom is -0.484 e. The molecule has 0 aliphatic carbocycles. The molecular formula is C20H30F3IN4O2. The maximum absolute atomic E-state index is 12.3. The number of alkyl halides is 3. The minimum absolute atomic E-state index is 0. The molecule has 1 fully saturated rings. The highest BCUT2D eigenvalue weighted by Crippen LogP contribution is 2.20. The number of nitrogens with zero attached hydrogens (tertiary/aromatic N) is 2. The van der Waals surface area contributed by atoms with Gasteiger partial charge in [-0.05, 0) is 31.0 Å². The molecule has 2 rings (SSSR count). The number of halogens is 4. The smallest absolute Gasteiger partial charge is 0.422 e. The Labute approximate surface area is 192 Å². The van der Waals surface area contributed by atoms with E-state index in [4.69, 9.17) is 4.74 Å². The van der Waals surface area contributed by atoms with Gasteiger partial charge in [0.1, 0.15) is 5.75 Å². The van der Waals surface area contributed by atoms with E-state index in [1.807, 2.05) is 25.7 Å². The van der Waals surface area contributed by atoms with Crippen molar-refractivity contribution in [2.45, 2.75) is 46.0 Å². The lowest BCUT2D eigenvalue weighted by Gasteiger charge is -2.20. The predicted molar refractivity (Wildman–Crippen MR) is 121 cm³/mol. The molecule has 0 radical (unpaired) electrons. The van der Waals surface area contributed by atoms with Crippen LogP contribution >= 0.6 is 24.0 Å². The van der Waals surface area contributed by atoms with Crippen LogP contribution in [0.15, 0.2) is 29.3 Å². The number of carbonyl (C=O) groups is 1. The number of benzene rings is 1. The molecule has 0 saturated carbocycles. The number of likely N-dealkylation sites (tertiary alicyclic amines) is 1. The Morgan fingerprint density at radius 3 is 2.73 bits per heavy atom. The highest BCUT2D eigenvalue weighted by atomic mass is 127.